The Bertz CT molecular complexity index is 484. The summed E-state index contributed by atoms with van der Waals surface area (Å²) < 4.78 is 8.11. The molecule has 2 fully saturated rings. The molecule has 1 aromatic heterocycles. The van der Waals surface area contributed by atoms with Crippen molar-refractivity contribution in [1.82, 2.24) is 15.2 Å². The van der Waals surface area contributed by atoms with Crippen LogP contribution in [0.25, 0.3) is 0 Å². The van der Waals surface area contributed by atoms with E-state index in [0.717, 1.165) is 37.3 Å². The maximum Gasteiger partial charge on any atom is 0.0783 e. The average molecular weight is 310 g/mol. The maximum atomic E-state index is 6.13. The van der Waals surface area contributed by atoms with Crippen molar-refractivity contribution in [3.05, 3.63) is 17.5 Å². The van der Waals surface area contributed by atoms with Crippen molar-refractivity contribution in [2.75, 3.05) is 18.1 Å². The normalized spacial score (nSPS) is 30.9. The van der Waals surface area contributed by atoms with Gasteiger partial charge in [-0.3, -0.25) is 16.0 Å². The van der Waals surface area contributed by atoms with Gasteiger partial charge in [-0.25, -0.2) is 0 Å². The second-order valence-corrected chi connectivity index (χ2v) is 7.37. The second kappa shape index (κ2) is 6.28. The zero-order valence-corrected chi connectivity index (χ0v) is 13.8. The molecule has 0 saturated carbocycles. The standard InChI is InChI=1S/C15H26N4OS/c1-3-12-8-13(19(2)18-12)14(17-16)11-4-6-20-15(9-11)5-7-21-10-15/h8,11,14,17H,3-7,9-10,16H2,1-2H3. The monoisotopic (exact) mass is 310 g/mol. The van der Waals surface area contributed by atoms with Gasteiger partial charge >= 0.3 is 0 Å². The lowest BCUT2D eigenvalue weighted by molar-refractivity contribution is -0.0858. The number of ether oxygens (including phenoxy) is 1. The highest BCUT2D eigenvalue weighted by molar-refractivity contribution is 7.99. The van der Waals surface area contributed by atoms with E-state index in [1.54, 1.807) is 0 Å². The highest BCUT2D eigenvalue weighted by Crippen LogP contribution is 2.43. The summed E-state index contributed by atoms with van der Waals surface area (Å²) in [5.41, 5.74) is 5.47. The quantitative estimate of drug-likeness (QED) is 0.656. The maximum absolute atomic E-state index is 6.13. The van der Waals surface area contributed by atoms with Crippen molar-refractivity contribution in [2.24, 2.45) is 18.8 Å². The van der Waals surface area contributed by atoms with Crippen LogP contribution in [0, 0.1) is 5.92 Å². The molecule has 0 bridgehead atoms. The van der Waals surface area contributed by atoms with Crippen LogP contribution in [0.1, 0.15) is 43.6 Å². The number of rotatable bonds is 4. The van der Waals surface area contributed by atoms with Crippen molar-refractivity contribution >= 4 is 11.8 Å². The zero-order chi connectivity index (χ0) is 14.9. The molecule has 6 heteroatoms. The van der Waals surface area contributed by atoms with Crippen LogP contribution < -0.4 is 11.3 Å². The molecule has 3 rings (SSSR count). The van der Waals surface area contributed by atoms with Crippen molar-refractivity contribution in [3.63, 3.8) is 0 Å². The van der Waals surface area contributed by atoms with Crippen LogP contribution in [0.2, 0.25) is 0 Å². The number of nitrogens with one attached hydrogen (secondary N) is 1. The van der Waals surface area contributed by atoms with Crippen LogP contribution in [0.4, 0.5) is 0 Å². The molecule has 3 unspecified atom stereocenters. The Labute approximate surface area is 131 Å². The Balaban J connectivity index is 1.80. The van der Waals surface area contributed by atoms with Gasteiger partial charge in [-0.1, -0.05) is 6.92 Å². The molecule has 0 aliphatic carbocycles. The molecule has 2 aliphatic heterocycles. The third kappa shape index (κ3) is 2.99. The fourth-order valence-corrected chi connectivity index (χ4v) is 5.06. The molecule has 5 nitrogen and oxygen atoms in total. The number of aryl methyl sites for hydroxylation is 2. The van der Waals surface area contributed by atoms with Crippen molar-refractivity contribution in [1.29, 1.82) is 0 Å². The van der Waals surface area contributed by atoms with Gasteiger partial charge in [-0.05, 0) is 43.4 Å². The summed E-state index contributed by atoms with van der Waals surface area (Å²) in [6.07, 6.45) is 4.30. The van der Waals surface area contributed by atoms with E-state index in [2.05, 4.69) is 23.5 Å². The number of aromatic nitrogens is 2. The number of thioether (sulfide) groups is 1. The van der Waals surface area contributed by atoms with Crippen molar-refractivity contribution in [3.8, 4) is 0 Å². The molecule has 1 aromatic rings. The Morgan fingerprint density at radius 2 is 2.52 bits per heavy atom. The number of hydrogen-bond acceptors (Lipinski definition) is 5. The Morgan fingerprint density at radius 1 is 1.67 bits per heavy atom. The van der Waals surface area contributed by atoms with Gasteiger partial charge in [0, 0.05) is 19.4 Å². The number of nitrogens with zero attached hydrogens (tertiary/aromatic N) is 2. The van der Waals surface area contributed by atoms with Crippen molar-refractivity contribution < 1.29 is 4.74 Å². The third-order valence-corrected chi connectivity index (χ3v) is 6.12. The van der Waals surface area contributed by atoms with Gasteiger partial charge in [-0.2, -0.15) is 16.9 Å². The van der Waals surface area contributed by atoms with Crippen molar-refractivity contribution in [2.45, 2.75) is 44.2 Å². The first-order chi connectivity index (χ1) is 10.2. The van der Waals surface area contributed by atoms with Crippen LogP contribution in [0.3, 0.4) is 0 Å². The highest BCUT2D eigenvalue weighted by Gasteiger charge is 2.43. The summed E-state index contributed by atoms with van der Waals surface area (Å²) in [5.74, 6) is 8.77. The van der Waals surface area contributed by atoms with Gasteiger partial charge in [0.2, 0.25) is 0 Å². The summed E-state index contributed by atoms with van der Waals surface area (Å²) in [6, 6.07) is 2.35. The van der Waals surface area contributed by atoms with Crippen LogP contribution in [-0.2, 0) is 18.2 Å². The Kier molecular flexibility index (Phi) is 4.59. The van der Waals surface area contributed by atoms with E-state index in [4.69, 9.17) is 10.6 Å². The van der Waals surface area contributed by atoms with Crippen LogP contribution >= 0.6 is 11.8 Å². The van der Waals surface area contributed by atoms with Crippen LogP contribution in [-0.4, -0.2) is 33.5 Å². The first-order valence-electron chi connectivity index (χ1n) is 7.88. The Morgan fingerprint density at radius 3 is 3.14 bits per heavy atom. The largest absolute Gasteiger partial charge is 0.374 e. The minimum absolute atomic E-state index is 0.0921. The van der Waals surface area contributed by atoms with E-state index in [1.807, 2.05) is 23.5 Å². The minimum Gasteiger partial charge on any atom is -0.374 e. The van der Waals surface area contributed by atoms with Gasteiger partial charge in [0.1, 0.15) is 0 Å². The predicted octanol–water partition coefficient (Wildman–Crippen LogP) is 1.79. The van der Waals surface area contributed by atoms with Gasteiger partial charge < -0.3 is 4.74 Å². The molecular weight excluding hydrogens is 284 g/mol. The van der Waals surface area contributed by atoms with E-state index >= 15 is 0 Å². The first kappa shape index (κ1) is 15.3. The van der Waals surface area contributed by atoms with E-state index in [-0.39, 0.29) is 11.6 Å². The highest BCUT2D eigenvalue weighted by atomic mass is 32.2. The molecule has 0 aromatic carbocycles. The molecule has 21 heavy (non-hydrogen) atoms. The molecule has 3 heterocycles. The molecule has 3 N–H and O–H groups in total. The zero-order valence-electron chi connectivity index (χ0n) is 13.0. The first-order valence-corrected chi connectivity index (χ1v) is 9.03. The summed E-state index contributed by atoms with van der Waals surface area (Å²) in [5, 5.41) is 4.57. The molecular formula is C15H26N4OS. The fourth-order valence-electron chi connectivity index (χ4n) is 3.68. The van der Waals surface area contributed by atoms with E-state index in [1.165, 1.54) is 17.9 Å². The molecule has 2 aliphatic rings. The van der Waals surface area contributed by atoms with Gasteiger partial charge in [0.05, 0.1) is 23.0 Å². The lowest BCUT2D eigenvalue weighted by Crippen LogP contribution is -2.45. The molecule has 3 atom stereocenters. The van der Waals surface area contributed by atoms with E-state index < -0.39 is 0 Å². The molecule has 1 spiro atoms. The van der Waals surface area contributed by atoms with E-state index in [0.29, 0.717) is 5.92 Å². The second-order valence-electron chi connectivity index (χ2n) is 6.27. The molecule has 0 radical (unpaired) electrons. The van der Waals surface area contributed by atoms with E-state index in [9.17, 15) is 0 Å². The summed E-state index contributed by atoms with van der Waals surface area (Å²) in [7, 11) is 2.01. The molecule has 0 amide bonds. The number of hydrazine groups is 1. The van der Waals surface area contributed by atoms with Gasteiger partial charge in [0.25, 0.3) is 0 Å². The fraction of sp³-hybridized carbons (Fsp3) is 0.800. The number of nitrogens with two attached hydrogens (primary N) is 1. The molecule has 118 valence electrons. The number of hydrogen-bond donors (Lipinski definition) is 2. The van der Waals surface area contributed by atoms with Crippen LogP contribution in [0.5, 0.6) is 0 Å². The topological polar surface area (TPSA) is 65.1 Å². The summed E-state index contributed by atoms with van der Waals surface area (Å²) in [4.78, 5) is 0. The summed E-state index contributed by atoms with van der Waals surface area (Å²) in [6.45, 7) is 2.98. The SMILES string of the molecule is CCc1cc(C(NN)C2CCOC3(CCSC3)C2)n(C)n1. The van der Waals surface area contributed by atoms with Gasteiger partial charge in [-0.15, -0.1) is 0 Å². The predicted molar refractivity (Wildman–Crippen MR) is 86.0 cm³/mol. The smallest absolute Gasteiger partial charge is 0.0783 e. The lowest BCUT2D eigenvalue weighted by Gasteiger charge is -2.40. The Hall–Kier alpha value is -0.560. The van der Waals surface area contributed by atoms with Crippen LogP contribution in [0.15, 0.2) is 6.07 Å². The lowest BCUT2D eigenvalue weighted by atomic mass is 9.80. The minimum atomic E-state index is 0.0921. The average Bonchev–Trinajstić information content (AvgIpc) is 3.08. The summed E-state index contributed by atoms with van der Waals surface area (Å²) >= 11 is 2.01. The van der Waals surface area contributed by atoms with Gasteiger partial charge in [0.15, 0.2) is 0 Å². The third-order valence-electron chi connectivity index (χ3n) is 4.90. The molecule has 2 saturated heterocycles.